The summed E-state index contributed by atoms with van der Waals surface area (Å²) in [7, 11) is 0. The summed E-state index contributed by atoms with van der Waals surface area (Å²) >= 11 is 0.887. The average molecular weight is 369 g/mol. The smallest absolute Gasteiger partial charge is 0.295 e. The highest BCUT2D eigenvalue weighted by Crippen LogP contribution is 2.35. The molecule has 1 atom stereocenters. The molecule has 2 aromatic carbocycles. The molecule has 3 rings (SSSR count). The van der Waals surface area contributed by atoms with Gasteiger partial charge in [0.1, 0.15) is 0 Å². The second-order valence-electron chi connectivity index (χ2n) is 6.18. The second-order valence-corrected chi connectivity index (χ2v) is 7.21. The molecule has 7 heteroatoms. The summed E-state index contributed by atoms with van der Waals surface area (Å²) in [6.45, 7) is 3.70. The Bertz CT molecular complexity index is 867. The maximum Gasteiger partial charge on any atom is 0.295 e. The topological polar surface area (TPSA) is 83.7 Å². The number of nitrogens with two attached hydrogens (primary N) is 1. The quantitative estimate of drug-likeness (QED) is 0.876. The molecule has 0 bridgehead atoms. The Kier molecular flexibility index (Phi) is 4.99. The minimum absolute atomic E-state index is 0.151. The maximum atomic E-state index is 13.0. The number of hydrogen-bond acceptors (Lipinski definition) is 5. The van der Waals surface area contributed by atoms with E-state index in [4.69, 9.17) is 5.73 Å². The van der Waals surface area contributed by atoms with Gasteiger partial charge in [0.25, 0.3) is 11.1 Å². The van der Waals surface area contributed by atoms with E-state index in [-0.39, 0.29) is 17.7 Å². The largest absolute Gasteiger partial charge is 0.368 e. The summed E-state index contributed by atoms with van der Waals surface area (Å²) in [6, 6.07) is 14.6. The van der Waals surface area contributed by atoms with Crippen LogP contribution in [0.15, 0.2) is 48.5 Å². The highest BCUT2D eigenvalue weighted by molar-refractivity contribution is 8.16. The van der Waals surface area contributed by atoms with Gasteiger partial charge in [-0.25, -0.2) is 4.90 Å². The maximum absolute atomic E-state index is 13.0. The lowest BCUT2D eigenvalue weighted by molar-refractivity contribution is -0.117. The van der Waals surface area contributed by atoms with Crippen molar-refractivity contribution < 1.29 is 14.4 Å². The van der Waals surface area contributed by atoms with Gasteiger partial charge in [0.05, 0.1) is 12.2 Å². The van der Waals surface area contributed by atoms with Crippen molar-refractivity contribution in [2.45, 2.75) is 19.2 Å². The Balaban J connectivity index is 1.95. The Labute approximate surface area is 156 Å². The third-order valence-electron chi connectivity index (χ3n) is 4.06. The van der Waals surface area contributed by atoms with Crippen molar-refractivity contribution >= 4 is 40.2 Å². The van der Waals surface area contributed by atoms with E-state index in [1.807, 2.05) is 44.2 Å². The fraction of sp³-hybridized carbons (Fsp3) is 0.211. The van der Waals surface area contributed by atoms with Crippen LogP contribution < -0.4 is 15.5 Å². The highest BCUT2D eigenvalue weighted by atomic mass is 32.2. The number of amides is 3. The number of nitrogens with zero attached hydrogens (tertiary/aromatic N) is 2. The number of benzene rings is 2. The molecular weight excluding hydrogens is 350 g/mol. The van der Waals surface area contributed by atoms with Crippen LogP contribution in [0, 0.1) is 13.8 Å². The Morgan fingerprint density at radius 3 is 2.42 bits per heavy atom. The third kappa shape index (κ3) is 3.57. The molecule has 134 valence electrons. The van der Waals surface area contributed by atoms with Gasteiger partial charge in [-0.1, -0.05) is 29.8 Å². The summed E-state index contributed by atoms with van der Waals surface area (Å²) in [5.41, 5.74) is 8.59. The first-order valence-corrected chi connectivity index (χ1v) is 8.97. The SMILES string of the molecule is Cc1ccc(N2C(=O)S[C@H](N(CC(N)=O)c3cccc(C)c3)C2=O)cc1. The number of rotatable bonds is 5. The number of aryl methyl sites for hydroxylation is 2. The molecule has 0 aliphatic carbocycles. The molecule has 1 saturated heterocycles. The van der Waals surface area contributed by atoms with Gasteiger partial charge in [0.15, 0.2) is 5.37 Å². The first-order valence-electron chi connectivity index (χ1n) is 8.09. The number of anilines is 2. The van der Waals surface area contributed by atoms with Crippen LogP contribution in [0.25, 0.3) is 0 Å². The number of carbonyl (C=O) groups is 3. The van der Waals surface area contributed by atoms with Crippen molar-refractivity contribution in [3.63, 3.8) is 0 Å². The minimum Gasteiger partial charge on any atom is -0.368 e. The zero-order valence-corrected chi connectivity index (χ0v) is 15.3. The lowest BCUT2D eigenvalue weighted by Gasteiger charge is -2.27. The predicted octanol–water partition coefficient (Wildman–Crippen LogP) is 2.82. The summed E-state index contributed by atoms with van der Waals surface area (Å²) in [5, 5.41) is -1.20. The van der Waals surface area contributed by atoms with E-state index in [9.17, 15) is 14.4 Å². The van der Waals surface area contributed by atoms with Gasteiger partial charge >= 0.3 is 0 Å². The van der Waals surface area contributed by atoms with Crippen molar-refractivity contribution in [3.05, 3.63) is 59.7 Å². The monoisotopic (exact) mass is 369 g/mol. The van der Waals surface area contributed by atoms with Gasteiger partial charge in [-0.3, -0.25) is 14.4 Å². The second kappa shape index (κ2) is 7.21. The van der Waals surface area contributed by atoms with Gasteiger partial charge in [0.2, 0.25) is 5.91 Å². The van der Waals surface area contributed by atoms with E-state index < -0.39 is 11.3 Å². The zero-order chi connectivity index (χ0) is 18.8. The molecule has 6 nitrogen and oxygen atoms in total. The van der Waals surface area contributed by atoms with Crippen LogP contribution >= 0.6 is 11.8 Å². The molecule has 2 aromatic rings. The lowest BCUT2D eigenvalue weighted by Crippen LogP contribution is -2.45. The lowest BCUT2D eigenvalue weighted by atomic mass is 10.2. The van der Waals surface area contributed by atoms with Crippen LogP contribution in [-0.4, -0.2) is 29.0 Å². The number of carbonyl (C=O) groups excluding carboxylic acids is 3. The molecule has 1 aliphatic heterocycles. The van der Waals surface area contributed by atoms with E-state index in [1.165, 1.54) is 0 Å². The average Bonchev–Trinajstić information content (AvgIpc) is 2.88. The normalized spacial score (nSPS) is 16.8. The molecule has 1 fully saturated rings. The number of hydrogen-bond donors (Lipinski definition) is 1. The summed E-state index contributed by atoms with van der Waals surface area (Å²) in [6.07, 6.45) is 0. The summed E-state index contributed by atoms with van der Waals surface area (Å²) in [5.74, 6) is -0.951. The first kappa shape index (κ1) is 18.0. The molecule has 1 aliphatic rings. The molecule has 0 spiro atoms. The molecule has 0 saturated carbocycles. The van der Waals surface area contributed by atoms with Gasteiger partial charge in [-0.2, -0.15) is 0 Å². The van der Waals surface area contributed by atoms with E-state index in [1.54, 1.807) is 23.1 Å². The van der Waals surface area contributed by atoms with Crippen LogP contribution in [0.2, 0.25) is 0 Å². The van der Waals surface area contributed by atoms with Crippen LogP contribution in [0.3, 0.4) is 0 Å². The van der Waals surface area contributed by atoms with Gasteiger partial charge in [0, 0.05) is 5.69 Å². The van der Waals surface area contributed by atoms with Crippen molar-refractivity contribution in [2.75, 3.05) is 16.3 Å². The van der Waals surface area contributed by atoms with Crippen molar-refractivity contribution in [2.24, 2.45) is 5.73 Å². The minimum atomic E-state index is -0.835. The number of thioether (sulfide) groups is 1. The summed E-state index contributed by atoms with van der Waals surface area (Å²) in [4.78, 5) is 39.8. The van der Waals surface area contributed by atoms with Gasteiger partial charge in [-0.15, -0.1) is 0 Å². The standard InChI is InChI=1S/C19H19N3O3S/c1-12-6-8-14(9-7-12)22-17(24)18(26-19(22)25)21(11-16(20)23)15-5-3-4-13(2)10-15/h3-10,18H,11H2,1-2H3,(H2,20,23)/t18-/m0/s1. The highest BCUT2D eigenvalue weighted by Gasteiger charge is 2.44. The molecule has 3 amide bonds. The fourth-order valence-corrected chi connectivity index (χ4v) is 3.83. The van der Waals surface area contributed by atoms with Crippen LogP contribution in [0.1, 0.15) is 11.1 Å². The Morgan fingerprint density at radius 2 is 1.81 bits per heavy atom. The van der Waals surface area contributed by atoms with Crippen LogP contribution in [0.4, 0.5) is 16.2 Å². The van der Waals surface area contributed by atoms with E-state index in [0.717, 1.165) is 27.8 Å². The van der Waals surface area contributed by atoms with E-state index in [2.05, 4.69) is 0 Å². The first-order chi connectivity index (χ1) is 12.4. The number of primary amides is 1. The molecule has 0 radical (unpaired) electrons. The third-order valence-corrected chi connectivity index (χ3v) is 5.12. The fourth-order valence-electron chi connectivity index (χ4n) is 2.81. The molecule has 2 N–H and O–H groups in total. The predicted molar refractivity (Wildman–Crippen MR) is 103 cm³/mol. The molecule has 1 heterocycles. The van der Waals surface area contributed by atoms with Crippen LogP contribution in [-0.2, 0) is 9.59 Å². The van der Waals surface area contributed by atoms with Crippen LogP contribution in [0.5, 0.6) is 0 Å². The zero-order valence-electron chi connectivity index (χ0n) is 14.5. The van der Waals surface area contributed by atoms with Crippen molar-refractivity contribution in [1.82, 2.24) is 0 Å². The molecule has 26 heavy (non-hydrogen) atoms. The molecular formula is C19H19N3O3S. The Hall–Kier alpha value is -2.80. The molecule has 0 aromatic heterocycles. The van der Waals surface area contributed by atoms with Gasteiger partial charge < -0.3 is 10.6 Å². The Morgan fingerprint density at radius 1 is 1.12 bits per heavy atom. The molecule has 0 unspecified atom stereocenters. The van der Waals surface area contributed by atoms with Crippen molar-refractivity contribution in [3.8, 4) is 0 Å². The van der Waals surface area contributed by atoms with E-state index >= 15 is 0 Å². The van der Waals surface area contributed by atoms with E-state index in [0.29, 0.717) is 11.4 Å². The van der Waals surface area contributed by atoms with Crippen molar-refractivity contribution in [1.29, 1.82) is 0 Å². The number of imide groups is 1. The van der Waals surface area contributed by atoms with Gasteiger partial charge in [-0.05, 0) is 55.4 Å². The summed E-state index contributed by atoms with van der Waals surface area (Å²) < 4.78 is 0.